The molecule has 0 aromatic carbocycles. The van der Waals surface area contributed by atoms with Crippen LogP contribution in [0.2, 0.25) is 0 Å². The zero-order chi connectivity index (χ0) is 15.5. The predicted octanol–water partition coefficient (Wildman–Crippen LogP) is 1.56. The van der Waals surface area contributed by atoms with Gasteiger partial charge in [-0.1, -0.05) is 6.92 Å². The van der Waals surface area contributed by atoms with Crippen molar-refractivity contribution in [2.24, 2.45) is 5.92 Å². The fourth-order valence-corrected chi connectivity index (χ4v) is 1.21. The van der Waals surface area contributed by atoms with Gasteiger partial charge in [0.05, 0.1) is 18.1 Å². The van der Waals surface area contributed by atoms with Gasteiger partial charge in [0.15, 0.2) is 0 Å². The van der Waals surface area contributed by atoms with Crippen LogP contribution >= 0.6 is 0 Å². The maximum absolute atomic E-state index is 11.6. The Kier molecular flexibility index (Phi) is 10.0. The molecular formula is C14H26O6. The van der Waals surface area contributed by atoms with Crippen LogP contribution in [0.25, 0.3) is 0 Å². The van der Waals surface area contributed by atoms with Crippen LogP contribution < -0.4 is 0 Å². The van der Waals surface area contributed by atoms with Crippen molar-refractivity contribution in [2.45, 2.75) is 45.8 Å². The van der Waals surface area contributed by atoms with Crippen molar-refractivity contribution >= 4 is 11.9 Å². The minimum atomic E-state index is -0.341. The maximum atomic E-state index is 11.6. The van der Waals surface area contributed by atoms with E-state index in [9.17, 15) is 9.59 Å². The molecule has 0 N–H and O–H groups in total. The second kappa shape index (κ2) is 10.6. The van der Waals surface area contributed by atoms with Gasteiger partial charge in [0.25, 0.3) is 0 Å². The van der Waals surface area contributed by atoms with Gasteiger partial charge in [0.1, 0.15) is 13.2 Å². The van der Waals surface area contributed by atoms with Gasteiger partial charge in [-0.05, 0) is 20.3 Å². The number of ether oxygens (including phenoxy) is 4. The van der Waals surface area contributed by atoms with Crippen molar-refractivity contribution in [2.75, 3.05) is 27.4 Å². The highest BCUT2D eigenvalue weighted by Gasteiger charge is 2.17. The average molecular weight is 290 g/mol. The van der Waals surface area contributed by atoms with E-state index in [0.29, 0.717) is 6.42 Å². The van der Waals surface area contributed by atoms with Crippen LogP contribution in [-0.4, -0.2) is 51.6 Å². The van der Waals surface area contributed by atoms with E-state index in [0.717, 1.165) is 0 Å². The van der Waals surface area contributed by atoms with Crippen molar-refractivity contribution in [3.05, 3.63) is 0 Å². The molecule has 6 nitrogen and oxygen atoms in total. The lowest BCUT2D eigenvalue weighted by atomic mass is 10.1. The molecule has 0 aromatic rings. The summed E-state index contributed by atoms with van der Waals surface area (Å²) in [5, 5.41) is 0. The molecular weight excluding hydrogens is 264 g/mol. The lowest BCUT2D eigenvalue weighted by molar-refractivity contribution is -0.152. The summed E-state index contributed by atoms with van der Waals surface area (Å²) in [6.45, 7) is 5.79. The molecule has 0 spiro atoms. The van der Waals surface area contributed by atoms with Gasteiger partial charge in [-0.3, -0.25) is 9.59 Å². The van der Waals surface area contributed by atoms with Crippen LogP contribution in [0.1, 0.15) is 33.6 Å². The molecule has 118 valence electrons. The standard InChI is InChI=1S/C14H26O6/c1-10(14(16)20-9-12(3)18-5)6-7-13(15)19-8-11(2)17-4/h10-12H,6-9H2,1-5H3. The molecule has 0 aromatic heterocycles. The smallest absolute Gasteiger partial charge is 0.308 e. The Bertz CT molecular complexity index is 291. The van der Waals surface area contributed by atoms with Gasteiger partial charge in [-0.15, -0.1) is 0 Å². The SMILES string of the molecule is COC(C)COC(=O)CCC(C)C(=O)OCC(C)OC. The van der Waals surface area contributed by atoms with Crippen molar-refractivity contribution in [1.29, 1.82) is 0 Å². The molecule has 0 rings (SSSR count). The summed E-state index contributed by atoms with van der Waals surface area (Å²) >= 11 is 0. The fraction of sp³-hybridized carbons (Fsp3) is 0.857. The van der Waals surface area contributed by atoms with Crippen molar-refractivity contribution in [1.82, 2.24) is 0 Å². The van der Waals surface area contributed by atoms with Crippen molar-refractivity contribution in [3.8, 4) is 0 Å². The van der Waals surface area contributed by atoms with E-state index in [1.54, 1.807) is 21.1 Å². The number of carbonyl (C=O) groups is 2. The molecule has 0 fully saturated rings. The molecule has 0 saturated carbocycles. The summed E-state index contributed by atoms with van der Waals surface area (Å²) in [5.41, 5.74) is 0. The minimum absolute atomic E-state index is 0.128. The van der Waals surface area contributed by atoms with E-state index < -0.39 is 0 Å². The van der Waals surface area contributed by atoms with Gasteiger partial charge in [0, 0.05) is 20.6 Å². The minimum Gasteiger partial charge on any atom is -0.463 e. The molecule has 0 bridgehead atoms. The summed E-state index contributed by atoms with van der Waals surface area (Å²) in [6, 6.07) is 0. The van der Waals surface area contributed by atoms with Crippen LogP contribution in [0.4, 0.5) is 0 Å². The van der Waals surface area contributed by atoms with E-state index in [1.165, 1.54) is 0 Å². The largest absolute Gasteiger partial charge is 0.463 e. The summed E-state index contributed by atoms with van der Waals surface area (Å²) in [5.74, 6) is -1.00. The maximum Gasteiger partial charge on any atom is 0.308 e. The first-order valence-electron chi connectivity index (χ1n) is 6.78. The normalized spacial score (nSPS) is 15.2. The average Bonchev–Trinajstić information content (AvgIpc) is 2.46. The zero-order valence-corrected chi connectivity index (χ0v) is 13.0. The third kappa shape index (κ3) is 8.87. The first-order valence-corrected chi connectivity index (χ1v) is 6.78. The zero-order valence-electron chi connectivity index (χ0n) is 13.0. The second-order valence-electron chi connectivity index (χ2n) is 4.85. The topological polar surface area (TPSA) is 71.1 Å². The quantitative estimate of drug-likeness (QED) is 0.569. The lowest BCUT2D eigenvalue weighted by Gasteiger charge is -2.14. The second-order valence-corrected chi connectivity index (χ2v) is 4.85. The van der Waals surface area contributed by atoms with Crippen LogP contribution in [0.5, 0.6) is 0 Å². The highest BCUT2D eigenvalue weighted by atomic mass is 16.6. The molecule has 0 aliphatic carbocycles. The first kappa shape index (κ1) is 18.9. The Morgan fingerprint density at radius 3 is 1.90 bits per heavy atom. The number of hydrogen-bond acceptors (Lipinski definition) is 6. The Morgan fingerprint density at radius 2 is 1.40 bits per heavy atom. The summed E-state index contributed by atoms with van der Waals surface area (Å²) in [4.78, 5) is 23.1. The van der Waals surface area contributed by atoms with E-state index >= 15 is 0 Å². The monoisotopic (exact) mass is 290 g/mol. The molecule has 0 heterocycles. The molecule has 20 heavy (non-hydrogen) atoms. The third-order valence-electron chi connectivity index (χ3n) is 2.93. The highest BCUT2D eigenvalue weighted by Crippen LogP contribution is 2.09. The van der Waals surface area contributed by atoms with E-state index in [1.807, 2.05) is 13.8 Å². The number of carbonyl (C=O) groups excluding carboxylic acids is 2. The molecule has 3 atom stereocenters. The Balaban J connectivity index is 3.82. The Hall–Kier alpha value is -1.14. The molecule has 6 heteroatoms. The van der Waals surface area contributed by atoms with E-state index in [2.05, 4.69) is 0 Å². The van der Waals surface area contributed by atoms with E-state index in [4.69, 9.17) is 18.9 Å². The van der Waals surface area contributed by atoms with E-state index in [-0.39, 0.29) is 49.7 Å². The van der Waals surface area contributed by atoms with Crippen LogP contribution in [-0.2, 0) is 28.5 Å². The molecule has 0 radical (unpaired) electrons. The number of methoxy groups -OCH3 is 2. The van der Waals surface area contributed by atoms with Gasteiger partial charge in [-0.25, -0.2) is 0 Å². The van der Waals surface area contributed by atoms with Crippen LogP contribution in [0.3, 0.4) is 0 Å². The fourth-order valence-electron chi connectivity index (χ4n) is 1.21. The summed E-state index contributed by atoms with van der Waals surface area (Å²) in [6.07, 6.45) is 0.330. The summed E-state index contributed by atoms with van der Waals surface area (Å²) < 4.78 is 20.0. The molecule has 0 aliphatic heterocycles. The number of esters is 2. The third-order valence-corrected chi connectivity index (χ3v) is 2.93. The van der Waals surface area contributed by atoms with Crippen LogP contribution in [0.15, 0.2) is 0 Å². The van der Waals surface area contributed by atoms with Crippen LogP contribution in [0, 0.1) is 5.92 Å². The molecule has 0 amide bonds. The molecule has 3 unspecified atom stereocenters. The highest BCUT2D eigenvalue weighted by molar-refractivity contribution is 5.74. The van der Waals surface area contributed by atoms with Gasteiger partial charge in [0.2, 0.25) is 0 Å². The Labute approximate surface area is 120 Å². The van der Waals surface area contributed by atoms with Gasteiger partial charge < -0.3 is 18.9 Å². The Morgan fingerprint density at radius 1 is 0.900 bits per heavy atom. The summed E-state index contributed by atoms with van der Waals surface area (Å²) in [7, 11) is 3.11. The molecule has 0 aliphatic rings. The van der Waals surface area contributed by atoms with Crippen molar-refractivity contribution in [3.63, 3.8) is 0 Å². The molecule has 0 saturated heterocycles. The lowest BCUT2D eigenvalue weighted by Crippen LogP contribution is -2.23. The first-order chi connectivity index (χ1) is 9.40. The van der Waals surface area contributed by atoms with Gasteiger partial charge >= 0.3 is 11.9 Å². The number of rotatable bonds is 10. The predicted molar refractivity (Wildman–Crippen MR) is 73.3 cm³/mol. The van der Waals surface area contributed by atoms with Crippen molar-refractivity contribution < 1.29 is 28.5 Å². The number of hydrogen-bond donors (Lipinski definition) is 0. The van der Waals surface area contributed by atoms with Gasteiger partial charge in [-0.2, -0.15) is 0 Å².